The van der Waals surface area contributed by atoms with Crippen LogP contribution >= 0.6 is 0 Å². The second-order valence-corrected chi connectivity index (χ2v) is 6.87. The van der Waals surface area contributed by atoms with Crippen molar-refractivity contribution in [3.8, 4) is 28.7 Å². The third-order valence-electron chi connectivity index (χ3n) is 4.86. The molecule has 0 radical (unpaired) electrons. The number of benzene rings is 2. The average Bonchev–Trinajstić information content (AvgIpc) is 3.33. The van der Waals surface area contributed by atoms with Crippen LogP contribution in [0.15, 0.2) is 36.4 Å². The fraction of sp³-hybridized carbons (Fsp3) is 0.350. The smallest absolute Gasteiger partial charge is 0.491 e. The number of hydrogen-bond acceptors (Lipinski definition) is 7. The molecule has 2 aromatic carbocycles. The monoisotopic (exact) mass is 421 g/mol. The molecule has 1 fully saturated rings. The Morgan fingerprint density at radius 3 is 2.90 bits per heavy atom. The Hall–Kier alpha value is -3.27. The number of rotatable bonds is 4. The Kier molecular flexibility index (Phi) is 4.50. The summed E-state index contributed by atoms with van der Waals surface area (Å²) in [6.45, 7) is 1.23. The molecule has 3 aliphatic rings. The number of morpholine rings is 1. The van der Waals surface area contributed by atoms with E-state index in [1.807, 2.05) is 0 Å². The zero-order chi connectivity index (χ0) is 20.7. The van der Waals surface area contributed by atoms with E-state index in [0.29, 0.717) is 30.4 Å². The van der Waals surface area contributed by atoms with Gasteiger partial charge in [0.15, 0.2) is 23.0 Å². The number of amides is 1. The van der Waals surface area contributed by atoms with Gasteiger partial charge in [-0.1, -0.05) is 6.07 Å². The van der Waals surface area contributed by atoms with E-state index < -0.39 is 12.2 Å². The Labute approximate surface area is 169 Å². The maximum atomic E-state index is 13.4. The van der Waals surface area contributed by atoms with Crippen LogP contribution in [0.5, 0.6) is 28.7 Å². The number of hydrogen-bond donors (Lipinski definition) is 0. The van der Waals surface area contributed by atoms with Crippen LogP contribution in [-0.4, -0.2) is 56.3 Å². The van der Waals surface area contributed by atoms with Gasteiger partial charge in [-0.3, -0.25) is 4.79 Å². The van der Waals surface area contributed by atoms with E-state index in [2.05, 4.69) is 9.47 Å². The fourth-order valence-electron chi connectivity index (χ4n) is 3.47. The first kappa shape index (κ1) is 18.7. The molecule has 3 aliphatic heterocycles. The molecular weight excluding hydrogens is 404 g/mol. The number of nitrogens with zero attached hydrogens (tertiary/aromatic N) is 1. The molecule has 10 heteroatoms. The zero-order valence-corrected chi connectivity index (χ0v) is 15.6. The van der Waals surface area contributed by atoms with E-state index in [4.69, 9.17) is 18.9 Å². The van der Waals surface area contributed by atoms with Crippen LogP contribution in [-0.2, 0) is 4.74 Å². The van der Waals surface area contributed by atoms with Gasteiger partial charge in [-0.2, -0.15) is 0 Å². The van der Waals surface area contributed by atoms with Crippen molar-refractivity contribution in [2.45, 2.75) is 12.4 Å². The Morgan fingerprint density at radius 2 is 2.00 bits per heavy atom. The van der Waals surface area contributed by atoms with E-state index in [-0.39, 0.29) is 43.1 Å². The topological polar surface area (TPSA) is 75.7 Å². The van der Waals surface area contributed by atoms with E-state index in [0.717, 1.165) is 0 Å². The van der Waals surface area contributed by atoms with Crippen molar-refractivity contribution in [2.75, 3.05) is 33.1 Å². The van der Waals surface area contributed by atoms with Crippen LogP contribution in [0.25, 0.3) is 0 Å². The van der Waals surface area contributed by atoms with Gasteiger partial charge in [-0.15, -0.1) is 8.78 Å². The van der Waals surface area contributed by atoms with Gasteiger partial charge >= 0.3 is 6.29 Å². The van der Waals surface area contributed by atoms with Crippen molar-refractivity contribution in [3.05, 3.63) is 42.0 Å². The minimum absolute atomic E-state index is 0.0158. The molecule has 1 unspecified atom stereocenters. The fourth-order valence-corrected chi connectivity index (χ4v) is 3.47. The summed E-state index contributed by atoms with van der Waals surface area (Å²) in [7, 11) is 0. The maximum absolute atomic E-state index is 13.4. The number of halogens is 2. The molecular formula is C20H17F2NO7. The second kappa shape index (κ2) is 7.21. The molecule has 1 atom stereocenters. The molecule has 2 aromatic rings. The highest BCUT2D eigenvalue weighted by Crippen LogP contribution is 2.43. The second-order valence-electron chi connectivity index (χ2n) is 6.87. The third-order valence-corrected chi connectivity index (χ3v) is 4.86. The van der Waals surface area contributed by atoms with Crippen LogP contribution in [0.4, 0.5) is 8.78 Å². The standard InChI is InChI=1S/C20H17F2NO7/c21-20(22)29-16-3-1-2-14(18(16)30-20)19(24)23-6-7-25-13(9-23)10-26-12-4-5-15-17(8-12)28-11-27-15/h1-5,8,13H,6-7,9-11H2. The predicted octanol–water partition coefficient (Wildman–Crippen LogP) is 2.66. The van der Waals surface area contributed by atoms with Crippen molar-refractivity contribution < 1.29 is 42.0 Å². The Bertz CT molecular complexity index is 984. The minimum atomic E-state index is -3.79. The predicted molar refractivity (Wildman–Crippen MR) is 96.3 cm³/mol. The van der Waals surface area contributed by atoms with Crippen LogP contribution < -0.4 is 23.7 Å². The van der Waals surface area contributed by atoms with Gasteiger partial charge in [-0.25, -0.2) is 0 Å². The molecule has 5 rings (SSSR count). The van der Waals surface area contributed by atoms with Crippen molar-refractivity contribution in [3.63, 3.8) is 0 Å². The third kappa shape index (κ3) is 3.54. The van der Waals surface area contributed by atoms with E-state index in [9.17, 15) is 13.6 Å². The number of fused-ring (bicyclic) bond motifs is 2. The quantitative estimate of drug-likeness (QED) is 0.751. The largest absolute Gasteiger partial charge is 0.586 e. The van der Waals surface area contributed by atoms with E-state index in [1.54, 1.807) is 18.2 Å². The molecule has 0 saturated carbocycles. The lowest BCUT2D eigenvalue weighted by Crippen LogP contribution is -2.47. The summed E-state index contributed by atoms with van der Waals surface area (Å²) in [6.07, 6.45) is -4.17. The number of para-hydroxylation sites is 1. The summed E-state index contributed by atoms with van der Waals surface area (Å²) in [5, 5.41) is 0. The minimum Gasteiger partial charge on any atom is -0.491 e. The Balaban J connectivity index is 1.24. The zero-order valence-electron chi connectivity index (χ0n) is 15.6. The molecule has 0 N–H and O–H groups in total. The molecule has 8 nitrogen and oxygen atoms in total. The lowest BCUT2D eigenvalue weighted by atomic mass is 10.1. The summed E-state index contributed by atoms with van der Waals surface area (Å²) in [5.74, 6) is 0.976. The van der Waals surface area contributed by atoms with Gasteiger partial charge in [0.25, 0.3) is 5.91 Å². The first-order valence-corrected chi connectivity index (χ1v) is 9.31. The first-order valence-electron chi connectivity index (χ1n) is 9.31. The Morgan fingerprint density at radius 1 is 1.13 bits per heavy atom. The number of ether oxygens (including phenoxy) is 6. The van der Waals surface area contributed by atoms with Gasteiger partial charge < -0.3 is 33.3 Å². The molecule has 158 valence electrons. The number of carbonyl (C=O) groups is 1. The average molecular weight is 421 g/mol. The summed E-state index contributed by atoms with van der Waals surface area (Å²) in [4.78, 5) is 14.5. The van der Waals surface area contributed by atoms with Crippen molar-refractivity contribution in [1.29, 1.82) is 0 Å². The lowest BCUT2D eigenvalue weighted by molar-refractivity contribution is -0.286. The van der Waals surface area contributed by atoms with Gasteiger partial charge in [0, 0.05) is 12.6 Å². The summed E-state index contributed by atoms with van der Waals surface area (Å²) < 4.78 is 57.8. The van der Waals surface area contributed by atoms with Crippen molar-refractivity contribution in [1.82, 2.24) is 4.90 Å². The summed E-state index contributed by atoms with van der Waals surface area (Å²) >= 11 is 0. The highest BCUT2D eigenvalue weighted by Gasteiger charge is 2.45. The van der Waals surface area contributed by atoms with Gasteiger partial charge in [0.1, 0.15) is 18.5 Å². The first-order chi connectivity index (χ1) is 14.5. The van der Waals surface area contributed by atoms with E-state index in [1.165, 1.54) is 23.1 Å². The SMILES string of the molecule is O=C(c1cccc2c1OC(F)(F)O2)N1CCOC(COc2ccc3c(c2)OCO3)C1. The van der Waals surface area contributed by atoms with Gasteiger partial charge in [-0.05, 0) is 24.3 Å². The molecule has 1 saturated heterocycles. The highest BCUT2D eigenvalue weighted by atomic mass is 19.3. The molecule has 3 heterocycles. The lowest BCUT2D eigenvalue weighted by Gasteiger charge is -2.33. The summed E-state index contributed by atoms with van der Waals surface area (Å²) in [5.41, 5.74) is 0.0158. The highest BCUT2D eigenvalue weighted by molar-refractivity contribution is 5.98. The van der Waals surface area contributed by atoms with Crippen molar-refractivity contribution >= 4 is 5.91 Å². The normalized spacial score (nSPS) is 20.9. The van der Waals surface area contributed by atoms with Gasteiger partial charge in [0.2, 0.25) is 6.79 Å². The molecule has 0 spiro atoms. The molecule has 0 bridgehead atoms. The maximum Gasteiger partial charge on any atom is 0.586 e. The van der Waals surface area contributed by atoms with Crippen LogP contribution in [0, 0.1) is 0 Å². The van der Waals surface area contributed by atoms with Crippen LogP contribution in [0.2, 0.25) is 0 Å². The van der Waals surface area contributed by atoms with Crippen LogP contribution in [0.3, 0.4) is 0 Å². The molecule has 30 heavy (non-hydrogen) atoms. The summed E-state index contributed by atoms with van der Waals surface area (Å²) in [6, 6.07) is 9.46. The van der Waals surface area contributed by atoms with Crippen LogP contribution in [0.1, 0.15) is 10.4 Å². The van der Waals surface area contributed by atoms with Gasteiger partial charge in [0.05, 0.1) is 18.7 Å². The molecule has 0 aliphatic carbocycles. The van der Waals surface area contributed by atoms with Crippen molar-refractivity contribution in [2.24, 2.45) is 0 Å². The molecule has 0 aromatic heterocycles. The molecule has 1 amide bonds. The number of carbonyl (C=O) groups excluding carboxylic acids is 1. The van der Waals surface area contributed by atoms with E-state index >= 15 is 0 Å². The number of alkyl halides is 2.